The van der Waals surface area contributed by atoms with Gasteiger partial charge in [0.2, 0.25) is 0 Å². The summed E-state index contributed by atoms with van der Waals surface area (Å²) in [5.41, 5.74) is 3.07. The lowest BCUT2D eigenvalue weighted by molar-refractivity contribution is -0.538. The van der Waals surface area contributed by atoms with Crippen molar-refractivity contribution in [1.29, 1.82) is 0 Å². The highest BCUT2D eigenvalue weighted by Gasteiger charge is 2.29. The summed E-state index contributed by atoms with van der Waals surface area (Å²) in [5, 5.41) is 16.6. The molecule has 102 valence electrons. The minimum atomic E-state index is -4.41. The van der Waals surface area contributed by atoms with Gasteiger partial charge in [-0.1, -0.05) is 0 Å². The van der Waals surface area contributed by atoms with Crippen LogP contribution in [0.15, 0.2) is 24.3 Å². The fraction of sp³-hybridized carbons (Fsp3) is 0.333. The number of anilines is 1. The molecule has 1 rings (SSSR count). The van der Waals surface area contributed by atoms with Crippen molar-refractivity contribution in [3.05, 3.63) is 39.9 Å². The highest BCUT2D eigenvalue weighted by molar-refractivity contribution is 5.43. The van der Waals surface area contributed by atoms with Gasteiger partial charge in [0.25, 0.3) is 0 Å². The van der Waals surface area contributed by atoms with Crippen LogP contribution in [0.5, 0.6) is 0 Å². The summed E-state index contributed by atoms with van der Waals surface area (Å²) in [5.74, 6) is 0. The van der Waals surface area contributed by atoms with E-state index in [1.807, 2.05) is 0 Å². The third-order valence-corrected chi connectivity index (χ3v) is 1.50. The van der Waals surface area contributed by atoms with Gasteiger partial charge in [0.15, 0.2) is 5.03 Å². The van der Waals surface area contributed by atoms with Crippen molar-refractivity contribution in [1.82, 2.24) is 5.53 Å². The van der Waals surface area contributed by atoms with Gasteiger partial charge in [0, 0.05) is 6.61 Å². The number of halogens is 3. The molecule has 0 atom stereocenters. The Morgan fingerprint density at radius 2 is 1.78 bits per heavy atom. The number of nitrogens with zero attached hydrogens (tertiary/aromatic N) is 1. The molecule has 3 N–H and O–H groups in total. The molecule has 0 bridgehead atoms. The minimum absolute atomic E-state index is 0.166. The van der Waals surface area contributed by atoms with Crippen molar-refractivity contribution < 1.29 is 23.3 Å². The molecule has 0 amide bonds. The van der Waals surface area contributed by atoms with E-state index in [0.717, 1.165) is 24.3 Å². The summed E-state index contributed by atoms with van der Waals surface area (Å²) in [4.78, 5) is 9.85. The molecule has 1 aromatic carbocycles. The Labute approximate surface area is 101 Å². The molecule has 0 aliphatic rings. The van der Waals surface area contributed by atoms with Gasteiger partial charge >= 0.3 is 6.18 Å². The Morgan fingerprint density at radius 3 is 2.11 bits per heavy atom. The number of nitro groups is 1. The van der Waals surface area contributed by atoms with Gasteiger partial charge in [-0.15, -0.1) is 0 Å². The van der Waals surface area contributed by atoms with E-state index in [1.165, 1.54) is 0 Å². The van der Waals surface area contributed by atoms with E-state index < -0.39 is 16.8 Å². The number of aliphatic hydroxyl groups excluding tert-OH is 1. The van der Waals surface area contributed by atoms with Crippen molar-refractivity contribution in [3.63, 3.8) is 0 Å². The SMILES string of the molecule is CCO.O=[N+]([O-])NNc1ccc(C(F)(F)F)cc1. The van der Waals surface area contributed by atoms with Crippen LogP contribution in [0.3, 0.4) is 0 Å². The predicted molar refractivity (Wildman–Crippen MR) is 58.0 cm³/mol. The molecule has 0 saturated carbocycles. The third kappa shape index (κ3) is 6.53. The Bertz CT molecular complexity index is 368. The molecule has 0 heterocycles. The third-order valence-electron chi connectivity index (χ3n) is 1.50. The maximum atomic E-state index is 12.1. The molecule has 0 radical (unpaired) electrons. The lowest BCUT2D eigenvalue weighted by Gasteiger charge is -2.07. The van der Waals surface area contributed by atoms with Crippen molar-refractivity contribution in [2.24, 2.45) is 0 Å². The fourth-order valence-electron chi connectivity index (χ4n) is 0.853. The first-order valence-electron chi connectivity index (χ1n) is 4.75. The number of nitrogens with one attached hydrogen (secondary N) is 2. The van der Waals surface area contributed by atoms with E-state index in [4.69, 9.17) is 5.11 Å². The molecular formula is C9H12F3N3O3. The molecule has 0 spiro atoms. The van der Waals surface area contributed by atoms with Gasteiger partial charge in [0.1, 0.15) is 0 Å². The lowest BCUT2D eigenvalue weighted by atomic mass is 10.2. The van der Waals surface area contributed by atoms with Crippen molar-refractivity contribution >= 4 is 5.69 Å². The number of hydrogen-bond donors (Lipinski definition) is 3. The number of hydrogen-bond acceptors (Lipinski definition) is 4. The van der Waals surface area contributed by atoms with Crippen LogP contribution in [-0.2, 0) is 6.18 Å². The highest BCUT2D eigenvalue weighted by Crippen LogP contribution is 2.29. The van der Waals surface area contributed by atoms with Crippen LogP contribution in [-0.4, -0.2) is 16.7 Å². The topological polar surface area (TPSA) is 87.4 Å². The molecule has 1 aromatic rings. The van der Waals surface area contributed by atoms with Crippen LogP contribution in [0.4, 0.5) is 18.9 Å². The zero-order valence-corrected chi connectivity index (χ0v) is 9.36. The summed E-state index contributed by atoms with van der Waals surface area (Å²) >= 11 is 0. The largest absolute Gasteiger partial charge is 0.416 e. The van der Waals surface area contributed by atoms with Crippen LogP contribution >= 0.6 is 0 Å². The second kappa shape index (κ2) is 7.33. The van der Waals surface area contributed by atoms with Crippen LogP contribution in [0.25, 0.3) is 0 Å². The van der Waals surface area contributed by atoms with Crippen molar-refractivity contribution in [3.8, 4) is 0 Å². The summed E-state index contributed by atoms with van der Waals surface area (Å²) in [6, 6.07) is 3.81. The first-order chi connectivity index (χ1) is 8.31. The molecule has 0 unspecified atom stereocenters. The Kier molecular flexibility index (Phi) is 6.50. The molecular weight excluding hydrogens is 255 g/mol. The number of benzene rings is 1. The number of aliphatic hydroxyl groups is 1. The first kappa shape index (κ1) is 16.0. The van der Waals surface area contributed by atoms with Crippen LogP contribution in [0.2, 0.25) is 0 Å². The van der Waals surface area contributed by atoms with E-state index in [-0.39, 0.29) is 12.3 Å². The fourth-order valence-corrected chi connectivity index (χ4v) is 0.853. The summed E-state index contributed by atoms with van der Waals surface area (Å²) in [6.07, 6.45) is -4.41. The van der Waals surface area contributed by atoms with Gasteiger partial charge in [-0.3, -0.25) is 0 Å². The van der Waals surface area contributed by atoms with Gasteiger partial charge in [-0.05, 0) is 36.7 Å². The Balaban J connectivity index is 0.000000873. The molecule has 18 heavy (non-hydrogen) atoms. The molecule has 0 fully saturated rings. The number of hydrazine groups is 2. The first-order valence-corrected chi connectivity index (χ1v) is 4.75. The molecule has 0 aliphatic carbocycles. The van der Waals surface area contributed by atoms with Crippen molar-refractivity contribution in [2.45, 2.75) is 13.1 Å². The monoisotopic (exact) mass is 267 g/mol. The average Bonchev–Trinajstić information content (AvgIpc) is 2.27. The molecule has 9 heteroatoms. The van der Waals surface area contributed by atoms with Crippen molar-refractivity contribution in [2.75, 3.05) is 12.0 Å². The summed E-state index contributed by atoms with van der Waals surface area (Å²) < 4.78 is 36.3. The van der Waals surface area contributed by atoms with Gasteiger partial charge in [0.05, 0.1) is 11.3 Å². The second-order valence-electron chi connectivity index (χ2n) is 2.89. The highest BCUT2D eigenvalue weighted by atomic mass is 19.4. The normalized spacial score (nSPS) is 10.1. The maximum absolute atomic E-state index is 12.1. The quantitative estimate of drug-likeness (QED) is 0.574. The number of rotatable bonds is 3. The zero-order valence-electron chi connectivity index (χ0n) is 9.36. The van der Waals surface area contributed by atoms with Crippen LogP contribution in [0.1, 0.15) is 12.5 Å². The molecule has 0 aromatic heterocycles. The van der Waals surface area contributed by atoms with Crippen LogP contribution in [0, 0.1) is 10.1 Å². The van der Waals surface area contributed by atoms with E-state index in [2.05, 4.69) is 5.43 Å². The predicted octanol–water partition coefficient (Wildman–Crippen LogP) is 1.81. The molecule has 0 aliphatic heterocycles. The lowest BCUT2D eigenvalue weighted by Crippen LogP contribution is -2.27. The summed E-state index contributed by atoms with van der Waals surface area (Å²) in [6.45, 7) is 1.93. The van der Waals surface area contributed by atoms with E-state index >= 15 is 0 Å². The van der Waals surface area contributed by atoms with E-state index in [9.17, 15) is 23.3 Å². The smallest absolute Gasteiger partial charge is 0.397 e. The van der Waals surface area contributed by atoms with Gasteiger partial charge < -0.3 is 5.11 Å². The standard InChI is InChI=1S/C7H6F3N3O2.C2H6O/c8-7(9,10)5-1-3-6(4-2-5)11-12-13(14)15;1-2-3/h1-4,11-12H;3H,2H2,1H3. The minimum Gasteiger partial charge on any atom is -0.397 e. The summed E-state index contributed by atoms with van der Waals surface area (Å²) in [7, 11) is 0. The van der Waals surface area contributed by atoms with E-state index in [1.54, 1.807) is 12.5 Å². The second-order valence-corrected chi connectivity index (χ2v) is 2.89. The maximum Gasteiger partial charge on any atom is 0.416 e. The number of alkyl halides is 3. The molecule has 0 saturated heterocycles. The van der Waals surface area contributed by atoms with Crippen LogP contribution < -0.4 is 11.0 Å². The van der Waals surface area contributed by atoms with Gasteiger partial charge in [-0.25, -0.2) is 15.5 Å². The zero-order chi connectivity index (χ0) is 14.2. The average molecular weight is 267 g/mol. The Morgan fingerprint density at radius 1 is 1.33 bits per heavy atom. The van der Waals surface area contributed by atoms with Gasteiger partial charge in [-0.2, -0.15) is 13.2 Å². The van der Waals surface area contributed by atoms with E-state index in [0.29, 0.717) is 0 Å². The Hall–Kier alpha value is -2.03. The molecule has 6 nitrogen and oxygen atoms in total.